The molecular formula is C12H24N4S. The maximum atomic E-state index is 4.29. The SMILES string of the molecule is CCCC(NCC)C(CC)Sc1ncnn1C. The highest BCUT2D eigenvalue weighted by Gasteiger charge is 2.21. The first-order chi connectivity index (χ1) is 8.22. The molecule has 0 aliphatic heterocycles. The Hall–Kier alpha value is -0.550. The van der Waals surface area contributed by atoms with E-state index in [0.29, 0.717) is 11.3 Å². The minimum absolute atomic E-state index is 0.566. The number of aryl methyl sites for hydroxylation is 1. The summed E-state index contributed by atoms with van der Waals surface area (Å²) in [4.78, 5) is 4.29. The van der Waals surface area contributed by atoms with Gasteiger partial charge in [0.2, 0.25) is 0 Å². The van der Waals surface area contributed by atoms with E-state index in [4.69, 9.17) is 0 Å². The molecule has 98 valence electrons. The minimum atomic E-state index is 0.566. The van der Waals surface area contributed by atoms with E-state index < -0.39 is 0 Å². The van der Waals surface area contributed by atoms with Gasteiger partial charge in [-0.3, -0.25) is 0 Å². The summed E-state index contributed by atoms with van der Waals surface area (Å²) in [6, 6.07) is 0.566. The van der Waals surface area contributed by atoms with Crippen molar-refractivity contribution in [2.75, 3.05) is 6.54 Å². The number of thioether (sulfide) groups is 1. The summed E-state index contributed by atoms with van der Waals surface area (Å²) < 4.78 is 1.85. The quantitative estimate of drug-likeness (QED) is 0.726. The number of rotatable bonds is 8. The van der Waals surface area contributed by atoms with E-state index >= 15 is 0 Å². The average Bonchev–Trinajstić information content (AvgIpc) is 2.71. The van der Waals surface area contributed by atoms with E-state index in [1.807, 2.05) is 23.5 Å². The molecule has 0 amide bonds. The van der Waals surface area contributed by atoms with Crippen LogP contribution in [0.25, 0.3) is 0 Å². The van der Waals surface area contributed by atoms with E-state index in [-0.39, 0.29) is 0 Å². The number of nitrogens with one attached hydrogen (secondary N) is 1. The Kier molecular flexibility index (Phi) is 6.58. The smallest absolute Gasteiger partial charge is 0.186 e. The molecular weight excluding hydrogens is 232 g/mol. The molecule has 1 N–H and O–H groups in total. The summed E-state index contributed by atoms with van der Waals surface area (Å²) in [7, 11) is 1.95. The molecule has 1 aromatic rings. The molecule has 4 nitrogen and oxygen atoms in total. The number of nitrogens with zero attached hydrogens (tertiary/aromatic N) is 3. The Morgan fingerprint density at radius 2 is 2.18 bits per heavy atom. The lowest BCUT2D eigenvalue weighted by Gasteiger charge is -2.25. The monoisotopic (exact) mass is 256 g/mol. The standard InChI is InChI=1S/C12H24N4S/c1-5-8-10(13-7-3)11(6-2)17-12-14-9-15-16(12)4/h9-11,13H,5-8H2,1-4H3. The molecule has 0 saturated carbocycles. The topological polar surface area (TPSA) is 42.7 Å². The summed E-state index contributed by atoms with van der Waals surface area (Å²) in [5.41, 5.74) is 0. The molecule has 2 unspecified atom stereocenters. The van der Waals surface area contributed by atoms with Crippen LogP contribution in [0, 0.1) is 0 Å². The van der Waals surface area contributed by atoms with E-state index in [2.05, 4.69) is 36.2 Å². The largest absolute Gasteiger partial charge is 0.313 e. The fourth-order valence-corrected chi connectivity index (χ4v) is 3.11. The summed E-state index contributed by atoms with van der Waals surface area (Å²) in [6.45, 7) is 7.68. The molecule has 1 rings (SSSR count). The third-order valence-corrected chi connectivity index (χ3v) is 4.39. The zero-order valence-corrected chi connectivity index (χ0v) is 12.1. The van der Waals surface area contributed by atoms with Gasteiger partial charge in [0, 0.05) is 18.3 Å². The number of aromatic nitrogens is 3. The van der Waals surface area contributed by atoms with Crippen molar-refractivity contribution in [1.82, 2.24) is 20.1 Å². The van der Waals surface area contributed by atoms with Crippen LogP contribution in [0.4, 0.5) is 0 Å². The summed E-state index contributed by atoms with van der Waals surface area (Å²) in [5.74, 6) is 0. The van der Waals surface area contributed by atoms with Crippen LogP contribution < -0.4 is 5.32 Å². The Labute approximate surface area is 109 Å². The lowest BCUT2D eigenvalue weighted by molar-refractivity contribution is 0.464. The van der Waals surface area contributed by atoms with Crippen molar-refractivity contribution in [1.29, 1.82) is 0 Å². The number of hydrogen-bond donors (Lipinski definition) is 1. The van der Waals surface area contributed by atoms with Crippen LogP contribution >= 0.6 is 11.8 Å². The molecule has 0 aliphatic rings. The first kappa shape index (κ1) is 14.5. The third-order valence-electron chi connectivity index (χ3n) is 2.84. The lowest BCUT2D eigenvalue weighted by Crippen LogP contribution is -2.37. The Bertz CT molecular complexity index is 307. The highest BCUT2D eigenvalue weighted by atomic mass is 32.2. The minimum Gasteiger partial charge on any atom is -0.313 e. The van der Waals surface area contributed by atoms with Crippen molar-refractivity contribution in [3.05, 3.63) is 6.33 Å². The van der Waals surface area contributed by atoms with Crippen molar-refractivity contribution in [3.63, 3.8) is 0 Å². The van der Waals surface area contributed by atoms with Crippen molar-refractivity contribution in [3.8, 4) is 0 Å². The average molecular weight is 256 g/mol. The summed E-state index contributed by atoms with van der Waals surface area (Å²) >= 11 is 1.84. The van der Waals surface area contributed by atoms with Gasteiger partial charge in [-0.25, -0.2) is 9.67 Å². The van der Waals surface area contributed by atoms with E-state index in [9.17, 15) is 0 Å². The van der Waals surface area contributed by atoms with Gasteiger partial charge in [0.05, 0.1) is 0 Å². The first-order valence-corrected chi connectivity index (χ1v) is 7.34. The molecule has 5 heteroatoms. The van der Waals surface area contributed by atoms with E-state index in [1.165, 1.54) is 12.8 Å². The van der Waals surface area contributed by atoms with Crippen LogP contribution in [0.1, 0.15) is 40.0 Å². The molecule has 0 aliphatic carbocycles. The third kappa shape index (κ3) is 4.32. The van der Waals surface area contributed by atoms with Gasteiger partial charge in [0.1, 0.15) is 6.33 Å². The van der Waals surface area contributed by atoms with Gasteiger partial charge in [0.25, 0.3) is 0 Å². The van der Waals surface area contributed by atoms with E-state index in [1.54, 1.807) is 6.33 Å². The van der Waals surface area contributed by atoms with Crippen LogP contribution in [0.2, 0.25) is 0 Å². The molecule has 0 fully saturated rings. The number of hydrogen-bond acceptors (Lipinski definition) is 4. The summed E-state index contributed by atoms with van der Waals surface area (Å²) in [6.07, 6.45) is 5.21. The second-order valence-corrected chi connectivity index (χ2v) is 5.39. The van der Waals surface area contributed by atoms with Gasteiger partial charge < -0.3 is 5.32 Å². The second-order valence-electron chi connectivity index (χ2n) is 4.18. The van der Waals surface area contributed by atoms with Gasteiger partial charge >= 0.3 is 0 Å². The Morgan fingerprint density at radius 1 is 1.41 bits per heavy atom. The van der Waals surface area contributed by atoms with Crippen LogP contribution in [0.5, 0.6) is 0 Å². The zero-order valence-electron chi connectivity index (χ0n) is 11.3. The molecule has 1 heterocycles. The normalized spacial score (nSPS) is 14.8. The molecule has 0 aromatic carbocycles. The fraction of sp³-hybridized carbons (Fsp3) is 0.833. The maximum Gasteiger partial charge on any atom is 0.186 e. The zero-order chi connectivity index (χ0) is 12.7. The summed E-state index contributed by atoms with van der Waals surface area (Å²) in [5, 5.41) is 9.29. The Balaban J connectivity index is 2.64. The van der Waals surface area contributed by atoms with Crippen molar-refractivity contribution >= 4 is 11.8 Å². The van der Waals surface area contributed by atoms with Crippen LogP contribution in [-0.2, 0) is 7.05 Å². The predicted octanol–water partition coefficient (Wildman–Crippen LogP) is 2.46. The van der Waals surface area contributed by atoms with Crippen LogP contribution in [0.3, 0.4) is 0 Å². The first-order valence-electron chi connectivity index (χ1n) is 6.46. The van der Waals surface area contributed by atoms with Crippen molar-refractivity contribution < 1.29 is 0 Å². The van der Waals surface area contributed by atoms with Gasteiger partial charge in [-0.1, -0.05) is 39.0 Å². The highest BCUT2D eigenvalue weighted by Crippen LogP contribution is 2.27. The van der Waals surface area contributed by atoms with Gasteiger partial charge in [-0.05, 0) is 19.4 Å². The van der Waals surface area contributed by atoms with Crippen LogP contribution in [-0.4, -0.2) is 32.6 Å². The van der Waals surface area contributed by atoms with Crippen LogP contribution in [0.15, 0.2) is 11.5 Å². The Morgan fingerprint density at radius 3 is 2.65 bits per heavy atom. The van der Waals surface area contributed by atoms with Gasteiger partial charge in [0.15, 0.2) is 5.16 Å². The molecule has 0 radical (unpaired) electrons. The molecule has 0 spiro atoms. The molecule has 17 heavy (non-hydrogen) atoms. The lowest BCUT2D eigenvalue weighted by atomic mass is 10.1. The van der Waals surface area contributed by atoms with Gasteiger partial charge in [-0.2, -0.15) is 5.10 Å². The second kappa shape index (κ2) is 7.71. The highest BCUT2D eigenvalue weighted by molar-refractivity contribution is 7.99. The molecule has 2 atom stereocenters. The van der Waals surface area contributed by atoms with Crippen molar-refractivity contribution in [2.24, 2.45) is 7.05 Å². The molecule has 1 aromatic heterocycles. The van der Waals surface area contributed by atoms with Gasteiger partial charge in [-0.15, -0.1) is 0 Å². The molecule has 0 bridgehead atoms. The fourth-order valence-electron chi connectivity index (χ4n) is 1.97. The van der Waals surface area contributed by atoms with E-state index in [0.717, 1.165) is 18.1 Å². The van der Waals surface area contributed by atoms with Crippen molar-refractivity contribution in [2.45, 2.75) is 56.5 Å². The molecule has 0 saturated heterocycles. The predicted molar refractivity (Wildman–Crippen MR) is 73.3 cm³/mol. The maximum absolute atomic E-state index is 4.29.